The Morgan fingerprint density at radius 2 is 1.30 bits per heavy atom. The highest BCUT2D eigenvalue weighted by Crippen LogP contribution is 2.08. The Hall–Kier alpha value is -1.46. The number of nitrogens with zero attached hydrogens (tertiary/aromatic N) is 4. The highest BCUT2D eigenvalue weighted by molar-refractivity contribution is 6.15. The minimum Gasteiger partial charge on any atom is -0.320 e. The summed E-state index contributed by atoms with van der Waals surface area (Å²) >= 11 is 0. The molecule has 0 amide bonds. The lowest BCUT2D eigenvalue weighted by Crippen LogP contribution is -2.62. The SMILES string of the molecule is CN1C(=NN)N(C)C1=NN. The maximum Gasteiger partial charge on any atom is 0.231 e. The van der Waals surface area contributed by atoms with Gasteiger partial charge in [0.25, 0.3) is 0 Å². The molecule has 1 saturated heterocycles. The summed E-state index contributed by atoms with van der Waals surface area (Å²) in [5.74, 6) is 11.4. The standard InChI is InChI=1S/C4H10N6/c1-9-3(7-5)10(2)4(9)8-6/h5-6H2,1-2H3. The van der Waals surface area contributed by atoms with E-state index in [1.165, 1.54) is 0 Å². The molecule has 0 saturated carbocycles. The third-order valence-electron chi connectivity index (χ3n) is 1.43. The summed E-state index contributed by atoms with van der Waals surface area (Å²) in [5, 5.41) is 6.97. The van der Waals surface area contributed by atoms with Gasteiger partial charge in [-0.25, -0.2) is 0 Å². The van der Waals surface area contributed by atoms with E-state index < -0.39 is 0 Å². The second-order valence-electron chi connectivity index (χ2n) is 1.98. The van der Waals surface area contributed by atoms with Gasteiger partial charge in [-0.3, -0.25) is 9.80 Å². The van der Waals surface area contributed by atoms with E-state index >= 15 is 0 Å². The average Bonchev–Trinajstić information content (AvgIpc) is 1.90. The number of nitrogens with two attached hydrogens (primary N) is 2. The van der Waals surface area contributed by atoms with Gasteiger partial charge in [-0.15, -0.1) is 10.2 Å². The third-order valence-corrected chi connectivity index (χ3v) is 1.43. The van der Waals surface area contributed by atoms with Crippen molar-refractivity contribution in [1.82, 2.24) is 9.80 Å². The number of hydrogen-bond acceptors (Lipinski definition) is 4. The monoisotopic (exact) mass is 142 g/mol. The molecule has 10 heavy (non-hydrogen) atoms. The molecule has 1 rings (SSSR count). The van der Waals surface area contributed by atoms with Crippen LogP contribution in [0.3, 0.4) is 0 Å². The summed E-state index contributed by atoms with van der Waals surface area (Å²) < 4.78 is 0. The summed E-state index contributed by atoms with van der Waals surface area (Å²) in [6.07, 6.45) is 0. The second-order valence-corrected chi connectivity index (χ2v) is 1.98. The van der Waals surface area contributed by atoms with Crippen LogP contribution in [0, 0.1) is 0 Å². The molecule has 1 aliphatic rings. The van der Waals surface area contributed by atoms with Crippen LogP contribution in [-0.2, 0) is 0 Å². The molecule has 0 unspecified atom stereocenters. The van der Waals surface area contributed by atoms with Crippen molar-refractivity contribution in [2.24, 2.45) is 21.9 Å². The van der Waals surface area contributed by atoms with Crippen LogP contribution in [-0.4, -0.2) is 35.8 Å². The lowest BCUT2D eigenvalue weighted by atomic mass is 10.5. The Labute approximate surface area is 58.8 Å². The topological polar surface area (TPSA) is 83.2 Å². The molecule has 0 bridgehead atoms. The van der Waals surface area contributed by atoms with Crippen LogP contribution < -0.4 is 11.7 Å². The average molecular weight is 142 g/mol. The molecule has 0 aromatic heterocycles. The molecule has 6 nitrogen and oxygen atoms in total. The summed E-state index contributed by atoms with van der Waals surface area (Å²) in [5.41, 5.74) is 0. The molecule has 0 spiro atoms. The summed E-state index contributed by atoms with van der Waals surface area (Å²) in [6.45, 7) is 0. The van der Waals surface area contributed by atoms with Crippen LogP contribution in [0.1, 0.15) is 0 Å². The molecule has 0 aromatic carbocycles. The van der Waals surface area contributed by atoms with Gasteiger partial charge in [0, 0.05) is 14.1 Å². The van der Waals surface area contributed by atoms with Crippen molar-refractivity contribution in [3.05, 3.63) is 0 Å². The van der Waals surface area contributed by atoms with Gasteiger partial charge in [-0.2, -0.15) is 0 Å². The molecule has 0 radical (unpaired) electrons. The van der Waals surface area contributed by atoms with Gasteiger partial charge >= 0.3 is 0 Å². The first-order valence-electron chi connectivity index (χ1n) is 2.75. The van der Waals surface area contributed by atoms with Crippen molar-refractivity contribution < 1.29 is 0 Å². The summed E-state index contributed by atoms with van der Waals surface area (Å²) in [4.78, 5) is 3.39. The minimum absolute atomic E-state index is 0.657. The van der Waals surface area contributed by atoms with Crippen molar-refractivity contribution in [2.75, 3.05) is 14.1 Å². The van der Waals surface area contributed by atoms with Gasteiger partial charge in [-0.1, -0.05) is 0 Å². The first kappa shape index (κ1) is 6.66. The van der Waals surface area contributed by atoms with Gasteiger partial charge in [0.05, 0.1) is 0 Å². The molecule has 6 heteroatoms. The van der Waals surface area contributed by atoms with Crippen molar-refractivity contribution in [3.63, 3.8) is 0 Å². The maximum absolute atomic E-state index is 5.04. The van der Waals surface area contributed by atoms with E-state index in [1.807, 2.05) is 0 Å². The van der Waals surface area contributed by atoms with Crippen LogP contribution in [0.25, 0.3) is 0 Å². The molecule has 1 fully saturated rings. The summed E-state index contributed by atoms with van der Waals surface area (Å²) in [6, 6.07) is 0. The molecular formula is C4H10N6. The fourth-order valence-electron chi connectivity index (χ4n) is 0.931. The second kappa shape index (κ2) is 2.05. The van der Waals surface area contributed by atoms with Gasteiger partial charge in [0.15, 0.2) is 0 Å². The quantitative estimate of drug-likeness (QED) is 0.312. The number of hydrogen-bond donors (Lipinski definition) is 2. The first-order valence-corrected chi connectivity index (χ1v) is 2.75. The smallest absolute Gasteiger partial charge is 0.231 e. The Bertz CT molecular complexity index is 160. The molecule has 1 aliphatic heterocycles. The highest BCUT2D eigenvalue weighted by Gasteiger charge is 2.32. The van der Waals surface area contributed by atoms with Gasteiger partial charge in [-0.05, 0) is 0 Å². The Kier molecular flexibility index (Phi) is 1.37. The van der Waals surface area contributed by atoms with E-state index in [0.29, 0.717) is 11.9 Å². The van der Waals surface area contributed by atoms with Crippen LogP contribution in [0.5, 0.6) is 0 Å². The molecule has 0 aromatic rings. The molecule has 0 aliphatic carbocycles. The van der Waals surface area contributed by atoms with Gasteiger partial charge in [0.1, 0.15) is 0 Å². The zero-order valence-corrected chi connectivity index (χ0v) is 5.94. The van der Waals surface area contributed by atoms with E-state index in [1.54, 1.807) is 23.9 Å². The zero-order valence-electron chi connectivity index (χ0n) is 5.94. The molecule has 4 N–H and O–H groups in total. The minimum atomic E-state index is 0.657. The lowest BCUT2D eigenvalue weighted by Gasteiger charge is -2.40. The van der Waals surface area contributed by atoms with Gasteiger partial charge < -0.3 is 11.7 Å². The number of guanidine groups is 2. The fourth-order valence-corrected chi connectivity index (χ4v) is 0.931. The predicted molar refractivity (Wildman–Crippen MR) is 38.8 cm³/mol. The van der Waals surface area contributed by atoms with E-state index in [4.69, 9.17) is 11.7 Å². The molecule has 1 heterocycles. The van der Waals surface area contributed by atoms with Crippen LogP contribution in [0.4, 0.5) is 0 Å². The number of hydrazone groups is 2. The van der Waals surface area contributed by atoms with Crippen molar-refractivity contribution in [2.45, 2.75) is 0 Å². The Balaban J connectivity index is 2.78. The van der Waals surface area contributed by atoms with Crippen LogP contribution in [0.15, 0.2) is 10.2 Å². The van der Waals surface area contributed by atoms with Crippen molar-refractivity contribution in [3.8, 4) is 0 Å². The third kappa shape index (κ3) is 0.584. The Morgan fingerprint density at radius 3 is 1.50 bits per heavy atom. The Morgan fingerprint density at radius 1 is 1.00 bits per heavy atom. The molecule has 56 valence electrons. The van der Waals surface area contributed by atoms with Crippen molar-refractivity contribution in [1.29, 1.82) is 0 Å². The normalized spacial score (nSPS) is 17.0. The van der Waals surface area contributed by atoms with E-state index in [2.05, 4.69) is 10.2 Å². The largest absolute Gasteiger partial charge is 0.320 e. The summed E-state index contributed by atoms with van der Waals surface area (Å²) in [7, 11) is 3.58. The van der Waals surface area contributed by atoms with E-state index in [0.717, 1.165) is 0 Å². The molecular weight excluding hydrogens is 132 g/mol. The number of rotatable bonds is 0. The van der Waals surface area contributed by atoms with Crippen LogP contribution in [0.2, 0.25) is 0 Å². The van der Waals surface area contributed by atoms with E-state index in [-0.39, 0.29) is 0 Å². The fraction of sp³-hybridized carbons (Fsp3) is 0.500. The van der Waals surface area contributed by atoms with Gasteiger partial charge in [0.2, 0.25) is 11.9 Å². The zero-order chi connectivity index (χ0) is 7.72. The first-order chi connectivity index (χ1) is 4.72. The highest BCUT2D eigenvalue weighted by atomic mass is 15.6. The van der Waals surface area contributed by atoms with Crippen LogP contribution >= 0.6 is 0 Å². The lowest BCUT2D eigenvalue weighted by molar-refractivity contribution is 0.454. The maximum atomic E-state index is 5.04. The van der Waals surface area contributed by atoms with Crippen molar-refractivity contribution >= 4 is 11.9 Å². The predicted octanol–water partition coefficient (Wildman–Crippen LogP) is -1.68. The molecule has 0 atom stereocenters. The van der Waals surface area contributed by atoms with E-state index in [9.17, 15) is 0 Å².